The maximum atomic E-state index is 13.1. The van der Waals surface area contributed by atoms with Gasteiger partial charge in [0, 0.05) is 25.7 Å². The van der Waals surface area contributed by atoms with E-state index in [1.807, 2.05) is 0 Å². The minimum Gasteiger partial charge on any atom is -0.462 e. The summed E-state index contributed by atoms with van der Waals surface area (Å²) in [6.45, 7) is 9.64. The molecule has 0 saturated heterocycles. The summed E-state index contributed by atoms with van der Waals surface area (Å²) >= 11 is 0. The first-order valence-electron chi connectivity index (χ1n) is 42.5. The van der Waals surface area contributed by atoms with Gasteiger partial charge in [-0.15, -0.1) is 0 Å². The quantitative estimate of drug-likeness (QED) is 0.0222. The molecule has 0 bridgehead atoms. The monoisotopic (exact) mass is 1480 g/mol. The Kier molecular flexibility index (Phi) is 72.2. The standard InChI is InChI=1S/C82H160O17P2/c1-7-10-12-14-16-18-20-21-22-23-24-25-26-27-28-29-34-37-41-48-54-60-66-81(86)98-77(70-93-80(85)65-59-53-47-40-36-33-31-30-32-35-38-44-50-56-62-74(4)5)72-96-100(88,89)94-68-76(83)69-95-101(90,91)97-73-78(71-92-79(84)64-58-52-46-39-19-17-15-13-11-8-2)99-82(87)67-61-55-49-43-42-45-51-57-63-75(6)9-3/h74-78,83H,7-73H2,1-6H3,(H,88,89)(H,90,91)/t75?,76-,77-,78-/m1/s1. The minimum absolute atomic E-state index is 0.105. The normalized spacial score (nSPS) is 14.2. The Morgan fingerprint density at radius 1 is 0.287 bits per heavy atom. The molecule has 3 unspecified atom stereocenters. The molecule has 101 heavy (non-hydrogen) atoms. The Bertz CT molecular complexity index is 1940. The topological polar surface area (TPSA) is 237 Å². The smallest absolute Gasteiger partial charge is 0.462 e. The van der Waals surface area contributed by atoms with Gasteiger partial charge in [-0.05, 0) is 37.5 Å². The molecular formula is C82H160O17P2. The van der Waals surface area contributed by atoms with E-state index in [9.17, 15) is 43.2 Å². The largest absolute Gasteiger partial charge is 0.472 e. The van der Waals surface area contributed by atoms with Crippen molar-refractivity contribution in [3.8, 4) is 0 Å². The molecule has 0 aliphatic heterocycles. The van der Waals surface area contributed by atoms with E-state index in [0.717, 1.165) is 102 Å². The Morgan fingerprint density at radius 3 is 0.752 bits per heavy atom. The van der Waals surface area contributed by atoms with Crippen LogP contribution in [0.2, 0.25) is 0 Å². The van der Waals surface area contributed by atoms with E-state index in [1.165, 1.54) is 250 Å². The summed E-state index contributed by atoms with van der Waals surface area (Å²) in [5.41, 5.74) is 0. The van der Waals surface area contributed by atoms with E-state index < -0.39 is 97.5 Å². The number of aliphatic hydroxyl groups excluding tert-OH is 1. The number of phosphoric acid groups is 2. The Labute approximate surface area is 619 Å². The number of hydrogen-bond acceptors (Lipinski definition) is 15. The predicted octanol–water partition coefficient (Wildman–Crippen LogP) is 24.7. The highest BCUT2D eigenvalue weighted by atomic mass is 31.2. The molecule has 0 aromatic rings. The van der Waals surface area contributed by atoms with E-state index in [2.05, 4.69) is 41.5 Å². The summed E-state index contributed by atoms with van der Waals surface area (Å²) in [6.07, 6.45) is 63.9. The molecule has 0 heterocycles. The molecule has 0 saturated carbocycles. The van der Waals surface area contributed by atoms with E-state index in [1.54, 1.807) is 0 Å². The van der Waals surface area contributed by atoms with Gasteiger partial charge in [0.1, 0.15) is 19.3 Å². The van der Waals surface area contributed by atoms with Crippen molar-refractivity contribution in [1.29, 1.82) is 0 Å². The summed E-state index contributed by atoms with van der Waals surface area (Å²) in [7, 11) is -9.92. The number of hydrogen-bond donors (Lipinski definition) is 3. The number of ether oxygens (including phenoxy) is 4. The van der Waals surface area contributed by atoms with Crippen LogP contribution in [-0.4, -0.2) is 96.7 Å². The van der Waals surface area contributed by atoms with Crippen molar-refractivity contribution in [1.82, 2.24) is 0 Å². The van der Waals surface area contributed by atoms with E-state index in [-0.39, 0.29) is 25.7 Å². The van der Waals surface area contributed by atoms with Gasteiger partial charge in [0.05, 0.1) is 26.4 Å². The van der Waals surface area contributed by atoms with Gasteiger partial charge >= 0.3 is 39.5 Å². The second-order valence-corrected chi connectivity index (χ2v) is 33.1. The van der Waals surface area contributed by atoms with Crippen LogP contribution in [0.4, 0.5) is 0 Å². The van der Waals surface area contributed by atoms with Crippen molar-refractivity contribution in [2.24, 2.45) is 11.8 Å². The van der Waals surface area contributed by atoms with Gasteiger partial charge in [-0.1, -0.05) is 382 Å². The van der Waals surface area contributed by atoms with E-state index in [0.29, 0.717) is 25.7 Å². The molecule has 0 spiro atoms. The molecule has 6 atom stereocenters. The lowest BCUT2D eigenvalue weighted by Gasteiger charge is -2.21. The van der Waals surface area contributed by atoms with Gasteiger partial charge in [-0.2, -0.15) is 0 Å². The molecule has 19 heteroatoms. The zero-order valence-electron chi connectivity index (χ0n) is 66.2. The molecule has 17 nitrogen and oxygen atoms in total. The lowest BCUT2D eigenvalue weighted by molar-refractivity contribution is -0.161. The predicted molar refractivity (Wildman–Crippen MR) is 414 cm³/mol. The number of esters is 4. The number of carbonyl (C=O) groups excluding carboxylic acids is 4. The van der Waals surface area contributed by atoms with Crippen molar-refractivity contribution in [3.63, 3.8) is 0 Å². The lowest BCUT2D eigenvalue weighted by atomic mass is 9.99. The maximum absolute atomic E-state index is 13.1. The van der Waals surface area contributed by atoms with Crippen LogP contribution >= 0.6 is 15.6 Å². The lowest BCUT2D eigenvalue weighted by Crippen LogP contribution is -2.30. The van der Waals surface area contributed by atoms with Gasteiger partial charge in [-0.25, -0.2) is 9.13 Å². The molecule has 0 aliphatic carbocycles. The molecule has 0 aliphatic rings. The highest BCUT2D eigenvalue weighted by molar-refractivity contribution is 7.47. The SMILES string of the molecule is CCCCCCCCCCCCCCCCCCCCCCCCC(=O)O[C@H](COC(=O)CCCCCCCCCCCCCCCCC(C)C)COP(=O)(O)OC[C@@H](O)COP(=O)(O)OC[C@@H](COC(=O)CCCCCCCCCCCC)OC(=O)CCCCCCCCCCC(C)CC. The Morgan fingerprint density at radius 2 is 0.505 bits per heavy atom. The number of unbranched alkanes of at least 4 members (excludes halogenated alkanes) is 50. The van der Waals surface area contributed by atoms with Crippen molar-refractivity contribution >= 4 is 39.5 Å². The summed E-state index contributed by atoms with van der Waals surface area (Å²) in [6, 6.07) is 0. The molecule has 0 amide bonds. The minimum atomic E-state index is -4.96. The molecule has 600 valence electrons. The average Bonchev–Trinajstić information content (AvgIpc) is 0.973. The van der Waals surface area contributed by atoms with Crippen LogP contribution in [0.5, 0.6) is 0 Å². The second-order valence-electron chi connectivity index (χ2n) is 30.2. The van der Waals surface area contributed by atoms with Crippen molar-refractivity contribution in [3.05, 3.63) is 0 Å². The fourth-order valence-electron chi connectivity index (χ4n) is 12.7. The fourth-order valence-corrected chi connectivity index (χ4v) is 14.3. The zero-order valence-corrected chi connectivity index (χ0v) is 68.0. The molecule has 0 rings (SSSR count). The maximum Gasteiger partial charge on any atom is 0.472 e. The first-order chi connectivity index (χ1) is 48.9. The van der Waals surface area contributed by atoms with Crippen LogP contribution in [0.15, 0.2) is 0 Å². The highest BCUT2D eigenvalue weighted by Crippen LogP contribution is 2.45. The van der Waals surface area contributed by atoms with Crippen LogP contribution in [0.1, 0.15) is 433 Å². The van der Waals surface area contributed by atoms with Gasteiger partial charge in [0.25, 0.3) is 0 Å². The van der Waals surface area contributed by atoms with Crippen molar-refractivity contribution in [2.75, 3.05) is 39.6 Å². The molecule has 0 aromatic carbocycles. The van der Waals surface area contributed by atoms with Gasteiger partial charge < -0.3 is 33.8 Å². The third-order valence-corrected chi connectivity index (χ3v) is 21.5. The number of aliphatic hydroxyl groups is 1. The molecule has 0 radical (unpaired) electrons. The van der Waals surface area contributed by atoms with Crippen molar-refractivity contribution in [2.45, 2.75) is 452 Å². The second kappa shape index (κ2) is 73.6. The molecule has 0 aromatic heterocycles. The summed E-state index contributed by atoms with van der Waals surface area (Å²) in [5.74, 6) is -0.542. The highest BCUT2D eigenvalue weighted by Gasteiger charge is 2.30. The summed E-state index contributed by atoms with van der Waals surface area (Å²) in [4.78, 5) is 73.0. The van der Waals surface area contributed by atoms with Crippen molar-refractivity contribution < 1.29 is 80.2 Å². The summed E-state index contributed by atoms with van der Waals surface area (Å²) in [5, 5.41) is 10.6. The van der Waals surface area contributed by atoms with E-state index >= 15 is 0 Å². The van der Waals surface area contributed by atoms with Crippen LogP contribution in [0.25, 0.3) is 0 Å². The first-order valence-corrected chi connectivity index (χ1v) is 45.5. The molecule has 3 N–H and O–H groups in total. The summed E-state index contributed by atoms with van der Waals surface area (Å²) < 4.78 is 68.7. The van der Waals surface area contributed by atoms with Crippen LogP contribution in [0, 0.1) is 11.8 Å². The number of phosphoric ester groups is 2. The Hall–Kier alpha value is -1.94. The van der Waals surface area contributed by atoms with Crippen LogP contribution in [0.3, 0.4) is 0 Å². The first kappa shape index (κ1) is 99.1. The Balaban J connectivity index is 5.21. The van der Waals surface area contributed by atoms with Gasteiger partial charge in [0.15, 0.2) is 12.2 Å². The van der Waals surface area contributed by atoms with Crippen LogP contribution in [-0.2, 0) is 65.4 Å². The zero-order chi connectivity index (χ0) is 74.2. The number of rotatable bonds is 81. The van der Waals surface area contributed by atoms with Gasteiger partial charge in [0.2, 0.25) is 0 Å². The van der Waals surface area contributed by atoms with Gasteiger partial charge in [-0.3, -0.25) is 37.3 Å². The average molecular weight is 1480 g/mol. The molecule has 0 fully saturated rings. The third-order valence-electron chi connectivity index (χ3n) is 19.6. The third kappa shape index (κ3) is 74.7. The number of carbonyl (C=O) groups is 4. The fraction of sp³-hybridized carbons (Fsp3) is 0.951. The molecular weight excluding hydrogens is 1320 g/mol. The van der Waals surface area contributed by atoms with E-state index in [4.69, 9.17) is 37.0 Å². The van der Waals surface area contributed by atoms with Crippen LogP contribution < -0.4 is 0 Å².